The van der Waals surface area contributed by atoms with Gasteiger partial charge in [0, 0.05) is 56.8 Å². The van der Waals surface area contributed by atoms with Gasteiger partial charge >= 0.3 is 0 Å². The molecule has 3 heterocycles. The summed E-state index contributed by atoms with van der Waals surface area (Å²) in [4.78, 5) is 4.97. The maximum Gasteiger partial charge on any atom is 0.0485 e. The van der Waals surface area contributed by atoms with Gasteiger partial charge in [-0.25, -0.2) is 0 Å². The van der Waals surface area contributed by atoms with Crippen LogP contribution in [0, 0.1) is 0 Å². The first-order chi connectivity index (χ1) is 9.36. The molecule has 106 valence electrons. The number of likely N-dealkylation sites (tertiary alicyclic amines) is 1. The zero-order valence-electron chi connectivity index (χ0n) is 11.8. The van der Waals surface area contributed by atoms with Crippen LogP contribution in [0.25, 0.3) is 0 Å². The molecule has 0 saturated carbocycles. The van der Waals surface area contributed by atoms with E-state index in [9.17, 15) is 0 Å². The van der Waals surface area contributed by atoms with Crippen LogP contribution in [0.4, 0.5) is 0 Å². The Kier molecular flexibility index (Phi) is 4.09. The summed E-state index contributed by atoms with van der Waals surface area (Å²) in [5.74, 6) is 0. The Morgan fingerprint density at radius 3 is 2.74 bits per heavy atom. The number of nitrogens with one attached hydrogen (secondary N) is 1. The molecule has 1 atom stereocenters. The molecule has 4 heteroatoms. The molecule has 0 amide bonds. The first kappa shape index (κ1) is 13.0. The third-order valence-electron chi connectivity index (χ3n) is 4.57. The van der Waals surface area contributed by atoms with Gasteiger partial charge in [-0.2, -0.15) is 0 Å². The first-order valence-electron chi connectivity index (χ1n) is 7.51. The van der Waals surface area contributed by atoms with Gasteiger partial charge in [-0.1, -0.05) is 0 Å². The summed E-state index contributed by atoms with van der Waals surface area (Å²) < 4.78 is 5.44. The maximum atomic E-state index is 5.44. The van der Waals surface area contributed by atoms with E-state index in [2.05, 4.69) is 40.5 Å². The highest BCUT2D eigenvalue weighted by atomic mass is 16.5. The zero-order chi connectivity index (χ0) is 13.1. The van der Waals surface area contributed by atoms with Gasteiger partial charge in [0.15, 0.2) is 0 Å². The van der Waals surface area contributed by atoms with Crippen molar-refractivity contribution < 1.29 is 4.74 Å². The molecule has 19 heavy (non-hydrogen) atoms. The molecule has 3 rings (SSSR count). The Bertz CT molecular complexity index is 360. The van der Waals surface area contributed by atoms with Crippen molar-refractivity contribution in [1.82, 2.24) is 15.1 Å². The lowest BCUT2D eigenvalue weighted by molar-refractivity contribution is 0.0518. The molecule has 2 fully saturated rings. The van der Waals surface area contributed by atoms with Crippen molar-refractivity contribution in [2.75, 3.05) is 39.9 Å². The quantitative estimate of drug-likeness (QED) is 0.827. The number of nitrogens with zero attached hydrogens (tertiary/aromatic N) is 2. The molecular formula is C15H25N3O. The van der Waals surface area contributed by atoms with Gasteiger partial charge < -0.3 is 19.9 Å². The summed E-state index contributed by atoms with van der Waals surface area (Å²) in [6.45, 7) is 5.21. The normalized spacial score (nSPS) is 28.9. The standard InChI is InChI=1S/C15H25N3O/c1-16-13-2-7-18(12-13)14-3-8-17(9-4-14)15-5-10-19-11-6-15/h3-4,8,13,15-16H,2,5-7,9-12H2,1H3/t13-/m1/s1. The molecule has 0 aromatic rings. The Morgan fingerprint density at radius 2 is 2.11 bits per heavy atom. The number of hydrogen-bond acceptors (Lipinski definition) is 4. The number of ether oxygens (including phenoxy) is 1. The fourth-order valence-corrected chi connectivity index (χ4v) is 3.25. The Hall–Kier alpha value is -1.00. The van der Waals surface area contributed by atoms with E-state index in [4.69, 9.17) is 4.74 Å². The smallest absolute Gasteiger partial charge is 0.0485 e. The van der Waals surface area contributed by atoms with Crippen LogP contribution >= 0.6 is 0 Å². The minimum absolute atomic E-state index is 0.655. The van der Waals surface area contributed by atoms with E-state index in [1.165, 1.54) is 31.5 Å². The summed E-state index contributed by atoms with van der Waals surface area (Å²) in [6.07, 6.45) is 10.5. The minimum Gasteiger partial charge on any atom is -0.381 e. The third kappa shape index (κ3) is 2.95. The molecule has 4 nitrogen and oxygen atoms in total. The van der Waals surface area contributed by atoms with Gasteiger partial charge in [-0.3, -0.25) is 0 Å². The highest BCUT2D eigenvalue weighted by Gasteiger charge is 2.24. The summed E-state index contributed by atoms with van der Waals surface area (Å²) in [7, 11) is 2.06. The number of likely N-dealkylation sites (N-methyl/N-ethyl adjacent to an activating group) is 1. The van der Waals surface area contributed by atoms with Crippen LogP contribution in [-0.2, 0) is 4.74 Å². The fourth-order valence-electron chi connectivity index (χ4n) is 3.25. The number of allylic oxidation sites excluding steroid dienone is 1. The van der Waals surface area contributed by atoms with Crippen LogP contribution in [0.2, 0.25) is 0 Å². The Balaban J connectivity index is 1.54. The van der Waals surface area contributed by atoms with Crippen molar-refractivity contribution in [3.8, 4) is 0 Å². The monoisotopic (exact) mass is 263 g/mol. The Labute approximate surface area is 116 Å². The molecule has 0 aliphatic carbocycles. The van der Waals surface area contributed by atoms with Gasteiger partial charge in [0.1, 0.15) is 0 Å². The van der Waals surface area contributed by atoms with Crippen molar-refractivity contribution in [3.63, 3.8) is 0 Å². The largest absolute Gasteiger partial charge is 0.381 e. The van der Waals surface area contributed by atoms with Crippen molar-refractivity contribution in [1.29, 1.82) is 0 Å². The molecule has 0 spiro atoms. The van der Waals surface area contributed by atoms with Crippen molar-refractivity contribution in [3.05, 3.63) is 24.0 Å². The first-order valence-corrected chi connectivity index (χ1v) is 7.51. The lowest BCUT2D eigenvalue weighted by atomic mass is 10.1. The molecule has 2 saturated heterocycles. The van der Waals surface area contributed by atoms with Crippen LogP contribution < -0.4 is 5.32 Å². The minimum atomic E-state index is 0.655. The van der Waals surface area contributed by atoms with Gasteiger partial charge in [0.05, 0.1) is 0 Å². The number of rotatable bonds is 3. The molecule has 0 aromatic carbocycles. The van der Waals surface area contributed by atoms with Crippen molar-refractivity contribution in [2.24, 2.45) is 0 Å². The lowest BCUT2D eigenvalue weighted by Gasteiger charge is -2.35. The zero-order valence-corrected chi connectivity index (χ0v) is 11.8. The maximum absolute atomic E-state index is 5.44. The van der Waals surface area contributed by atoms with E-state index in [1.807, 2.05) is 0 Å². The van der Waals surface area contributed by atoms with E-state index in [-0.39, 0.29) is 0 Å². The molecule has 0 aromatic heterocycles. The van der Waals surface area contributed by atoms with Crippen LogP contribution in [0.1, 0.15) is 19.3 Å². The predicted molar refractivity (Wildman–Crippen MR) is 76.8 cm³/mol. The van der Waals surface area contributed by atoms with E-state index >= 15 is 0 Å². The van der Waals surface area contributed by atoms with Gasteiger partial charge in [-0.15, -0.1) is 0 Å². The number of hydrogen-bond donors (Lipinski definition) is 1. The highest BCUT2D eigenvalue weighted by molar-refractivity contribution is 5.23. The molecular weight excluding hydrogens is 238 g/mol. The molecule has 3 aliphatic heterocycles. The lowest BCUT2D eigenvalue weighted by Crippen LogP contribution is -2.38. The van der Waals surface area contributed by atoms with Crippen LogP contribution in [0.3, 0.4) is 0 Å². The second-order valence-corrected chi connectivity index (χ2v) is 5.71. The van der Waals surface area contributed by atoms with Crippen molar-refractivity contribution >= 4 is 0 Å². The average molecular weight is 263 g/mol. The summed E-state index contributed by atoms with van der Waals surface area (Å²) in [5.41, 5.74) is 1.40. The molecule has 3 aliphatic rings. The van der Waals surface area contributed by atoms with Crippen LogP contribution in [0.15, 0.2) is 24.0 Å². The van der Waals surface area contributed by atoms with Gasteiger partial charge in [0.2, 0.25) is 0 Å². The van der Waals surface area contributed by atoms with E-state index in [0.717, 1.165) is 26.3 Å². The van der Waals surface area contributed by atoms with Gasteiger partial charge in [0.25, 0.3) is 0 Å². The highest BCUT2D eigenvalue weighted by Crippen LogP contribution is 2.22. The summed E-state index contributed by atoms with van der Waals surface area (Å²) >= 11 is 0. The second-order valence-electron chi connectivity index (χ2n) is 5.71. The summed E-state index contributed by atoms with van der Waals surface area (Å²) in [5, 5.41) is 3.38. The fraction of sp³-hybridized carbons (Fsp3) is 0.733. The third-order valence-corrected chi connectivity index (χ3v) is 4.57. The topological polar surface area (TPSA) is 27.7 Å². The molecule has 1 N–H and O–H groups in total. The predicted octanol–water partition coefficient (Wildman–Crippen LogP) is 1.17. The van der Waals surface area contributed by atoms with Crippen LogP contribution in [0.5, 0.6) is 0 Å². The summed E-state index contributed by atoms with van der Waals surface area (Å²) in [6, 6.07) is 1.33. The molecule has 0 bridgehead atoms. The molecule has 0 radical (unpaired) electrons. The second kappa shape index (κ2) is 5.97. The van der Waals surface area contributed by atoms with E-state index in [0.29, 0.717) is 12.1 Å². The average Bonchev–Trinajstić information content (AvgIpc) is 2.97. The Morgan fingerprint density at radius 1 is 1.26 bits per heavy atom. The molecule has 0 unspecified atom stereocenters. The van der Waals surface area contributed by atoms with Crippen molar-refractivity contribution in [2.45, 2.75) is 31.3 Å². The van der Waals surface area contributed by atoms with E-state index < -0.39 is 0 Å². The van der Waals surface area contributed by atoms with Crippen LogP contribution in [-0.4, -0.2) is 61.8 Å². The van der Waals surface area contributed by atoms with E-state index in [1.54, 1.807) is 0 Å². The SMILES string of the molecule is CN[C@@H]1CCN(C2=CCN(C3CCOCC3)C=C2)C1. The van der Waals surface area contributed by atoms with Gasteiger partial charge in [-0.05, 0) is 38.5 Å².